The molecule has 2 aliphatic heterocycles. The van der Waals surface area contributed by atoms with Gasteiger partial charge in [0.1, 0.15) is 17.0 Å². The Morgan fingerprint density at radius 3 is 2.52 bits per heavy atom. The van der Waals surface area contributed by atoms with E-state index in [0.29, 0.717) is 49.7 Å². The molecule has 1 aromatic carbocycles. The van der Waals surface area contributed by atoms with Gasteiger partial charge in [-0.15, -0.1) is 0 Å². The molecule has 2 aliphatic rings. The summed E-state index contributed by atoms with van der Waals surface area (Å²) < 4.78 is 10.7. The monoisotopic (exact) mass is 545 g/mol. The van der Waals surface area contributed by atoms with Crippen LogP contribution in [-0.2, 0) is 11.3 Å². The van der Waals surface area contributed by atoms with Crippen molar-refractivity contribution in [2.24, 2.45) is 0 Å². The summed E-state index contributed by atoms with van der Waals surface area (Å²) in [6.07, 6.45) is 4.34. The third-order valence-electron chi connectivity index (χ3n) is 6.56. The van der Waals surface area contributed by atoms with Gasteiger partial charge in [0.25, 0.3) is 11.8 Å². The number of ether oxygens (including phenoxy) is 2. The highest BCUT2D eigenvalue weighted by Crippen LogP contribution is 2.30. The van der Waals surface area contributed by atoms with Crippen LogP contribution in [0.15, 0.2) is 48.9 Å². The number of anilines is 3. The van der Waals surface area contributed by atoms with Gasteiger partial charge in [-0.05, 0) is 50.6 Å². The molecule has 1 saturated heterocycles. The maximum Gasteiger partial charge on any atom is 0.410 e. The Morgan fingerprint density at radius 2 is 1.80 bits per heavy atom. The van der Waals surface area contributed by atoms with Gasteiger partial charge >= 0.3 is 6.09 Å². The number of rotatable bonds is 5. The Kier molecular flexibility index (Phi) is 7.24. The average Bonchev–Trinajstić information content (AvgIpc) is 3.28. The molecule has 0 spiro atoms. The summed E-state index contributed by atoms with van der Waals surface area (Å²) in [6.45, 7) is 7.91. The molecule has 3 aromatic rings. The number of benzene rings is 1. The van der Waals surface area contributed by atoms with Crippen molar-refractivity contribution in [3.8, 4) is 5.75 Å². The fraction of sp³-hybridized carbons (Fsp3) is 0.357. The number of nitrogens with zero attached hydrogens (tertiary/aromatic N) is 6. The summed E-state index contributed by atoms with van der Waals surface area (Å²) in [5.41, 5.74) is 2.18. The number of hydrogen-bond donors (Lipinski definition) is 1. The smallest absolute Gasteiger partial charge is 0.410 e. The Morgan fingerprint density at radius 1 is 1.02 bits per heavy atom. The number of pyridine rings is 1. The third kappa shape index (κ3) is 5.65. The number of amides is 3. The molecule has 1 N–H and O–H groups in total. The minimum atomic E-state index is -0.558. The minimum absolute atomic E-state index is 0.107. The lowest BCUT2D eigenvalue weighted by Gasteiger charge is -2.37. The third-order valence-corrected chi connectivity index (χ3v) is 6.56. The van der Waals surface area contributed by atoms with Crippen LogP contribution in [0.4, 0.5) is 22.1 Å². The van der Waals surface area contributed by atoms with Crippen LogP contribution in [0.5, 0.6) is 5.75 Å². The molecule has 5 rings (SSSR count). The van der Waals surface area contributed by atoms with Crippen LogP contribution in [-0.4, -0.2) is 76.6 Å². The van der Waals surface area contributed by atoms with Crippen molar-refractivity contribution in [3.05, 3.63) is 65.7 Å². The Balaban J connectivity index is 1.27. The number of methoxy groups -OCH3 is 1. The first-order valence-electron chi connectivity index (χ1n) is 12.9. The van der Waals surface area contributed by atoms with Crippen LogP contribution < -0.4 is 19.9 Å². The van der Waals surface area contributed by atoms with E-state index in [9.17, 15) is 14.4 Å². The molecule has 0 atom stereocenters. The molecular weight excluding hydrogens is 514 g/mol. The number of fused-ring (bicyclic) bond motifs is 1. The standard InChI is InChI=1S/C28H31N7O5/c1-28(2,3)40-27(38)34-13-11-33(12-14-34)23-8-9-29-16-22(23)31-24(36)21-7-10-30-26(32-21)35-17-18-5-6-19(39-4)15-20(18)25(35)37/h5-10,15-16H,11-14,17H2,1-4H3,(H,31,36). The first kappa shape index (κ1) is 26.9. The zero-order valence-electron chi connectivity index (χ0n) is 22.9. The number of nitrogens with one attached hydrogen (secondary N) is 1. The van der Waals surface area contributed by atoms with E-state index in [4.69, 9.17) is 9.47 Å². The van der Waals surface area contributed by atoms with E-state index >= 15 is 0 Å². The zero-order chi connectivity index (χ0) is 28.4. The lowest BCUT2D eigenvalue weighted by molar-refractivity contribution is 0.0240. The normalized spacial score (nSPS) is 15.1. The summed E-state index contributed by atoms with van der Waals surface area (Å²) in [5, 5.41) is 2.89. The molecule has 0 unspecified atom stereocenters. The minimum Gasteiger partial charge on any atom is -0.497 e. The van der Waals surface area contributed by atoms with E-state index in [0.717, 1.165) is 11.3 Å². The van der Waals surface area contributed by atoms with Crippen molar-refractivity contribution in [2.45, 2.75) is 32.9 Å². The van der Waals surface area contributed by atoms with Crippen molar-refractivity contribution >= 4 is 35.2 Å². The number of carbonyl (C=O) groups excluding carboxylic acids is 3. The van der Waals surface area contributed by atoms with Crippen LogP contribution in [0, 0.1) is 0 Å². The molecule has 40 heavy (non-hydrogen) atoms. The van der Waals surface area contributed by atoms with Crippen LogP contribution in [0.3, 0.4) is 0 Å². The van der Waals surface area contributed by atoms with Crippen molar-refractivity contribution in [2.75, 3.05) is 48.4 Å². The number of piperazine rings is 1. The van der Waals surface area contributed by atoms with Gasteiger partial charge in [-0.1, -0.05) is 6.07 Å². The van der Waals surface area contributed by atoms with Gasteiger partial charge < -0.3 is 24.6 Å². The average molecular weight is 546 g/mol. The van der Waals surface area contributed by atoms with Crippen LogP contribution in [0.2, 0.25) is 0 Å². The lowest BCUT2D eigenvalue weighted by atomic mass is 10.1. The molecule has 2 aromatic heterocycles. The van der Waals surface area contributed by atoms with Crippen molar-refractivity contribution in [1.29, 1.82) is 0 Å². The molecule has 3 amide bonds. The van der Waals surface area contributed by atoms with Crippen molar-refractivity contribution in [1.82, 2.24) is 19.9 Å². The molecule has 0 bridgehead atoms. The highest BCUT2D eigenvalue weighted by molar-refractivity contribution is 6.10. The van der Waals surface area contributed by atoms with Crippen LogP contribution in [0.25, 0.3) is 0 Å². The summed E-state index contributed by atoms with van der Waals surface area (Å²) in [7, 11) is 1.54. The zero-order valence-corrected chi connectivity index (χ0v) is 22.9. The summed E-state index contributed by atoms with van der Waals surface area (Å²) >= 11 is 0. The molecule has 4 heterocycles. The molecule has 12 heteroatoms. The number of carbonyl (C=O) groups is 3. The SMILES string of the molecule is COc1ccc2c(c1)C(=O)N(c1nccc(C(=O)Nc3cnccc3N3CCN(C(=O)OC(C)(C)C)CC3)n1)C2. The second kappa shape index (κ2) is 10.8. The van der Waals surface area contributed by atoms with Crippen LogP contribution in [0.1, 0.15) is 47.2 Å². The molecule has 0 aliphatic carbocycles. The second-order valence-corrected chi connectivity index (χ2v) is 10.5. The maximum absolute atomic E-state index is 13.2. The Bertz CT molecular complexity index is 1450. The van der Waals surface area contributed by atoms with Gasteiger partial charge in [0.2, 0.25) is 5.95 Å². The van der Waals surface area contributed by atoms with Gasteiger partial charge in [0.05, 0.1) is 31.2 Å². The molecular formula is C28H31N7O5. The predicted molar refractivity (Wildman–Crippen MR) is 148 cm³/mol. The van der Waals surface area contributed by atoms with Crippen molar-refractivity contribution < 1.29 is 23.9 Å². The summed E-state index contributed by atoms with van der Waals surface area (Å²) in [6, 6.07) is 8.62. The van der Waals surface area contributed by atoms with Crippen LogP contribution >= 0.6 is 0 Å². The molecule has 208 valence electrons. The fourth-order valence-electron chi connectivity index (χ4n) is 4.58. The maximum atomic E-state index is 13.2. The van der Waals surface area contributed by atoms with E-state index in [1.807, 2.05) is 32.9 Å². The summed E-state index contributed by atoms with van der Waals surface area (Å²) in [4.78, 5) is 56.7. The largest absolute Gasteiger partial charge is 0.497 e. The topological polar surface area (TPSA) is 130 Å². The van der Waals surface area contributed by atoms with E-state index in [1.54, 1.807) is 36.5 Å². The molecule has 1 fully saturated rings. The lowest BCUT2D eigenvalue weighted by Crippen LogP contribution is -2.50. The Hall–Kier alpha value is -4.74. The van der Waals surface area contributed by atoms with E-state index in [2.05, 4.69) is 25.2 Å². The van der Waals surface area contributed by atoms with Gasteiger partial charge in [-0.25, -0.2) is 14.8 Å². The van der Waals surface area contributed by atoms with Gasteiger partial charge in [-0.2, -0.15) is 0 Å². The van der Waals surface area contributed by atoms with Crippen molar-refractivity contribution in [3.63, 3.8) is 0 Å². The molecule has 0 radical (unpaired) electrons. The van der Waals surface area contributed by atoms with E-state index in [-0.39, 0.29) is 23.6 Å². The molecule has 0 saturated carbocycles. The van der Waals surface area contributed by atoms with E-state index < -0.39 is 11.5 Å². The van der Waals surface area contributed by atoms with E-state index in [1.165, 1.54) is 17.2 Å². The van der Waals surface area contributed by atoms with Gasteiger partial charge in [0.15, 0.2) is 0 Å². The first-order valence-corrected chi connectivity index (χ1v) is 12.9. The first-order chi connectivity index (χ1) is 19.1. The second-order valence-electron chi connectivity index (χ2n) is 10.5. The molecule has 12 nitrogen and oxygen atoms in total. The highest BCUT2D eigenvalue weighted by Gasteiger charge is 2.31. The summed E-state index contributed by atoms with van der Waals surface area (Å²) in [5.74, 6) is 0.00154. The quantitative estimate of drug-likeness (QED) is 0.513. The number of hydrogen-bond acceptors (Lipinski definition) is 9. The predicted octanol–water partition coefficient (Wildman–Crippen LogP) is 3.35. The fourth-order valence-corrected chi connectivity index (χ4v) is 4.58. The highest BCUT2D eigenvalue weighted by atomic mass is 16.6. The Labute approximate surface area is 231 Å². The number of aromatic nitrogens is 3. The van der Waals surface area contributed by atoms with Gasteiger partial charge in [-0.3, -0.25) is 19.5 Å². The van der Waals surface area contributed by atoms with Gasteiger partial charge in [0, 0.05) is 44.1 Å².